The van der Waals surface area contributed by atoms with Crippen LogP contribution in [0.2, 0.25) is 0 Å². The molecule has 0 unspecified atom stereocenters. The Morgan fingerprint density at radius 3 is 1.71 bits per heavy atom. The van der Waals surface area contributed by atoms with Crippen molar-refractivity contribution in [1.29, 1.82) is 0 Å². The lowest BCUT2D eigenvalue weighted by atomic mass is 10.1. The number of anilines is 1. The number of hydrogen-bond acceptors (Lipinski definition) is 27. The maximum absolute atomic E-state index is 13.1. The smallest absolute Gasteiger partial charge is 0.338 e. The number of nitrogens with zero attached hydrogens (tertiary/aromatic N) is 12. The highest BCUT2D eigenvalue weighted by molar-refractivity contribution is 7.87. The van der Waals surface area contributed by atoms with Gasteiger partial charge >= 0.3 is 17.8 Å². The average molecular weight is 1280 g/mol. The molecule has 0 fully saturated rings. The number of nitro benzene ring substituents is 1. The summed E-state index contributed by atoms with van der Waals surface area (Å²) in [5.74, 6) is -7.87. The number of azo groups is 4. The van der Waals surface area contributed by atoms with Gasteiger partial charge in [-0.15, -0.1) is 30.3 Å². The van der Waals surface area contributed by atoms with Crippen LogP contribution in [-0.4, -0.2) is 117 Å². The molecule has 0 aliphatic rings. The van der Waals surface area contributed by atoms with Gasteiger partial charge in [0.2, 0.25) is 5.88 Å². The van der Waals surface area contributed by atoms with Crippen LogP contribution in [0.3, 0.4) is 0 Å². The summed E-state index contributed by atoms with van der Waals surface area (Å²) in [6.45, 7) is 7.51. The van der Waals surface area contributed by atoms with Crippen molar-refractivity contribution in [3.63, 3.8) is 0 Å². The number of benzene rings is 7. The third-order valence-corrected chi connectivity index (χ3v) is 16.0. The number of aromatic hydroxyl groups is 3. The van der Waals surface area contributed by atoms with Gasteiger partial charge in [0.05, 0.1) is 37.7 Å². The monoisotopic (exact) mass is 1280 g/mol. The van der Waals surface area contributed by atoms with Crippen molar-refractivity contribution in [2.24, 2.45) is 40.9 Å². The fourth-order valence-corrected chi connectivity index (χ4v) is 11.1. The summed E-state index contributed by atoms with van der Waals surface area (Å²) in [6.07, 6.45) is 0. The van der Waals surface area contributed by atoms with Crippen LogP contribution in [0.15, 0.2) is 156 Å². The molecule has 0 amide bonds. The molecule has 12 N–H and O–H groups in total. The van der Waals surface area contributed by atoms with Gasteiger partial charge in [-0.05, 0) is 77.9 Å². The topological polar surface area (TPSA) is 597 Å². The van der Waals surface area contributed by atoms with Crippen molar-refractivity contribution < 1.29 is 105 Å². The molecule has 1 heterocycles. The molecule has 0 aliphatic heterocycles. The highest BCUT2D eigenvalue weighted by atomic mass is 32.2. The van der Waals surface area contributed by atoms with Gasteiger partial charge in [-0.2, -0.15) is 57.4 Å². The van der Waals surface area contributed by atoms with E-state index in [9.17, 15) is 110 Å². The highest BCUT2D eigenvalue weighted by Gasteiger charge is 2.31. The summed E-state index contributed by atoms with van der Waals surface area (Å²) in [7, 11) is -27.0. The van der Waals surface area contributed by atoms with E-state index in [0.717, 1.165) is 36.4 Å². The Bertz CT molecular complexity index is 5140. The van der Waals surface area contributed by atoms with Crippen LogP contribution in [0.5, 0.6) is 17.4 Å². The molecule has 0 radical (unpaired) electrons. The summed E-state index contributed by atoms with van der Waals surface area (Å²) in [5.41, 5.74) is -3.72. The molecule has 86 heavy (non-hydrogen) atoms. The van der Waals surface area contributed by atoms with Gasteiger partial charge in [-0.25, -0.2) is 9.59 Å². The zero-order valence-electron chi connectivity index (χ0n) is 41.3. The number of nitro groups is 1. The molecule has 0 atom stereocenters. The molecule has 8 aromatic rings. The van der Waals surface area contributed by atoms with Crippen LogP contribution >= 0.6 is 0 Å². The molecule has 0 bridgehead atoms. The highest BCUT2D eigenvalue weighted by Crippen LogP contribution is 2.49. The fourth-order valence-electron chi connectivity index (χ4n) is 7.81. The normalized spacial score (nSPS) is 12.7. The maximum atomic E-state index is 13.1. The molecule has 8 rings (SSSR count). The number of carbonyl (C=O) groups is 2. The Hall–Kier alpha value is -10.8. The minimum atomic E-state index is -5.70. The molecule has 1 aromatic heterocycles. The lowest BCUT2D eigenvalue weighted by Gasteiger charge is -2.13. The van der Waals surface area contributed by atoms with Crippen LogP contribution in [0.4, 0.5) is 62.7 Å². The first-order valence-electron chi connectivity index (χ1n) is 22.1. The Morgan fingerprint density at radius 2 is 1.12 bits per heavy atom. The average Bonchev–Trinajstić information content (AvgIpc) is 0.993. The van der Waals surface area contributed by atoms with E-state index in [-0.39, 0.29) is 0 Å². The zero-order valence-corrected chi connectivity index (χ0v) is 45.4. The second-order valence-corrected chi connectivity index (χ2v) is 23.8. The molecule has 37 nitrogen and oxygen atoms in total. The van der Waals surface area contributed by atoms with Crippen LogP contribution in [0.25, 0.3) is 32.1 Å². The van der Waals surface area contributed by atoms with E-state index in [1.54, 1.807) is 0 Å². The number of hydrogen-bond donors (Lipinski definition) is 11. The third kappa shape index (κ3) is 12.0. The number of aromatic carboxylic acids is 2. The van der Waals surface area contributed by atoms with Crippen LogP contribution in [0, 0.1) is 16.7 Å². The second kappa shape index (κ2) is 22.1. The lowest BCUT2D eigenvalue weighted by molar-refractivity contribution is -0.384. The molecule has 0 saturated heterocycles. The fraction of sp³-hybridized carbons (Fsp3) is 0. The Balaban J connectivity index is 1.22. The molecule has 0 saturated carbocycles. The minimum absolute atomic E-state index is 0.298. The van der Waals surface area contributed by atoms with Crippen molar-refractivity contribution in [3.8, 4) is 23.1 Å². The first kappa shape index (κ1) is 61.3. The summed E-state index contributed by atoms with van der Waals surface area (Å²) in [4.78, 5) is 31.3. The molecular formula is C44H27N13O24S5. The molecule has 442 valence electrons. The van der Waals surface area contributed by atoms with Crippen molar-refractivity contribution >= 4 is 147 Å². The van der Waals surface area contributed by atoms with Crippen molar-refractivity contribution in [2.75, 3.05) is 5.73 Å². The number of non-ortho nitro benzene ring substituents is 1. The Kier molecular flexibility index (Phi) is 15.8. The van der Waals surface area contributed by atoms with E-state index < -0.39 is 210 Å². The lowest BCUT2D eigenvalue weighted by Crippen LogP contribution is -2.09. The number of phenols is 2. The number of carboxylic acids is 2. The van der Waals surface area contributed by atoms with Crippen molar-refractivity contribution in [3.05, 3.63) is 124 Å². The molecule has 42 heteroatoms. The van der Waals surface area contributed by atoms with E-state index in [2.05, 4.69) is 50.9 Å². The minimum Gasteiger partial charge on any atom is -0.505 e. The van der Waals surface area contributed by atoms with Gasteiger partial charge in [-0.3, -0.25) is 32.9 Å². The van der Waals surface area contributed by atoms with Crippen molar-refractivity contribution in [1.82, 2.24) is 9.78 Å². The predicted molar refractivity (Wildman–Crippen MR) is 286 cm³/mol. The second-order valence-electron chi connectivity index (χ2n) is 16.8. The van der Waals surface area contributed by atoms with Crippen molar-refractivity contribution in [2.45, 2.75) is 24.5 Å². The SMILES string of the molecule is [C-]#[N+]c1nn(-c2cc(S(=O)(=O)O)ccc2C(=O)O)c(O)c1N=Nc1cc(N=Nc2c(S(=O)(=O)O)cc3c(S(=O)(=O)O)c(N=Nc4cc(S(=O)(=O)O)c5ccc(N=Nc6ccc([N+](=O)[O-])cc6C(=O)O)c(O)c5c4N)ccc3c2O)ccc1S(=O)(=O)O. The number of rotatable bonds is 17. The van der Waals surface area contributed by atoms with E-state index in [1.807, 2.05) is 0 Å². The number of carboxylic acid groups (broad SMARTS) is 2. The van der Waals surface area contributed by atoms with Gasteiger partial charge in [0.1, 0.15) is 59.4 Å². The molecule has 0 aliphatic carbocycles. The quantitative estimate of drug-likeness (QED) is 0.0101. The van der Waals surface area contributed by atoms with E-state index in [0.29, 0.717) is 59.3 Å². The summed E-state index contributed by atoms with van der Waals surface area (Å²) < 4.78 is 177. The predicted octanol–water partition coefficient (Wildman–Crippen LogP) is 8.63. The Morgan fingerprint density at radius 1 is 0.547 bits per heavy atom. The third-order valence-electron chi connectivity index (χ3n) is 11.6. The number of nitrogens with two attached hydrogens (primary N) is 1. The molecule has 7 aromatic carbocycles. The zero-order chi connectivity index (χ0) is 63.5. The van der Waals surface area contributed by atoms with Gasteiger partial charge in [0.25, 0.3) is 56.3 Å². The summed E-state index contributed by atoms with van der Waals surface area (Å²) in [5, 5.41) is 94.6. The molecule has 0 spiro atoms. The van der Waals surface area contributed by atoms with Crippen LogP contribution < -0.4 is 5.73 Å². The van der Waals surface area contributed by atoms with Gasteiger partial charge < -0.3 is 36.1 Å². The standard InChI is InChI=1S/C44H27N13O24S5/c1-46-41-37(42(60)56(55-41)30-14-19(82(67,68)69)4-5-21(30)43(61)62)54-51-28-12-17(2-11-31(28)83(70,71)72)47-53-36-33(85(76,77)78)15-23-20(38(36)58)6-10-27(40(23)86(79,80)81)50-52-29-16-32(84(73,74)75)22-7-9-26(39(59)34(22)35(29)45)49-48-25-8-3-18(57(65)66)13-24(25)44(63)64/h2-16,58-60H,45H2,(H,61,62)(H,63,64)(H,67,68,69)(H,70,71,72)(H,73,74,75)(H,76,77,78)(H,79,80,81). The first-order valence-corrected chi connectivity index (χ1v) is 29.3. The largest absolute Gasteiger partial charge is 0.505 e. The van der Waals surface area contributed by atoms with E-state index >= 15 is 0 Å². The summed E-state index contributed by atoms with van der Waals surface area (Å²) >= 11 is 0. The molecular weight excluding hydrogens is 1250 g/mol. The van der Waals surface area contributed by atoms with Crippen LogP contribution in [0.1, 0.15) is 20.7 Å². The number of fused-ring (bicyclic) bond motifs is 2. The van der Waals surface area contributed by atoms with Gasteiger partial charge in [0, 0.05) is 28.3 Å². The first-order chi connectivity index (χ1) is 39.9. The van der Waals surface area contributed by atoms with Crippen LogP contribution in [-0.2, 0) is 50.6 Å². The number of phenolic OH excluding ortho intramolecular Hbond substituents is 2. The Labute approximate surface area is 477 Å². The summed E-state index contributed by atoms with van der Waals surface area (Å²) in [6, 6.07) is 10.7. The number of nitrogen functional groups attached to an aromatic ring is 1. The van der Waals surface area contributed by atoms with Gasteiger partial charge in [0.15, 0.2) is 17.2 Å². The maximum Gasteiger partial charge on any atom is 0.338 e. The number of aromatic nitrogens is 2. The van der Waals surface area contributed by atoms with E-state index in [4.69, 9.17) is 12.3 Å². The van der Waals surface area contributed by atoms with E-state index in [1.165, 1.54) is 0 Å². The van der Waals surface area contributed by atoms with Gasteiger partial charge in [-0.1, -0.05) is 12.6 Å².